The van der Waals surface area contributed by atoms with E-state index in [1.54, 1.807) is 0 Å². The maximum Gasteiger partial charge on any atom is 0.387 e. The molecular weight excluding hydrogens is 427 g/mol. The number of ether oxygens (including phenoxy) is 1. The van der Waals surface area contributed by atoms with Crippen molar-refractivity contribution < 1.29 is 27.6 Å². The molecule has 156 valence electrons. The molecule has 1 aromatic carbocycles. The van der Waals surface area contributed by atoms with Gasteiger partial charge >= 0.3 is 6.61 Å². The molecule has 30 heavy (non-hydrogen) atoms. The maximum absolute atomic E-state index is 13.6. The zero-order valence-electron chi connectivity index (χ0n) is 15.3. The lowest BCUT2D eigenvalue weighted by Gasteiger charge is -2.24. The highest BCUT2D eigenvalue weighted by Gasteiger charge is 2.50. The molecule has 2 unspecified atom stereocenters. The highest BCUT2D eigenvalue weighted by molar-refractivity contribution is 6.30. The van der Waals surface area contributed by atoms with Gasteiger partial charge in [0.2, 0.25) is 0 Å². The van der Waals surface area contributed by atoms with Crippen LogP contribution in [0.15, 0.2) is 36.2 Å². The van der Waals surface area contributed by atoms with Gasteiger partial charge in [0.25, 0.3) is 11.6 Å². The van der Waals surface area contributed by atoms with Gasteiger partial charge in [0.1, 0.15) is 11.8 Å². The molecule has 11 heteroatoms. The number of nitrogens with zero attached hydrogens (tertiary/aromatic N) is 3. The van der Waals surface area contributed by atoms with E-state index in [-0.39, 0.29) is 45.3 Å². The van der Waals surface area contributed by atoms with Gasteiger partial charge in [-0.2, -0.15) is 8.78 Å². The van der Waals surface area contributed by atoms with Crippen molar-refractivity contribution >= 4 is 23.1 Å². The van der Waals surface area contributed by atoms with Gasteiger partial charge in [0.15, 0.2) is 5.82 Å². The van der Waals surface area contributed by atoms with Gasteiger partial charge in [-0.05, 0) is 24.6 Å². The van der Waals surface area contributed by atoms with E-state index in [2.05, 4.69) is 9.72 Å². The van der Waals surface area contributed by atoms with Crippen LogP contribution in [-0.2, 0) is 0 Å². The van der Waals surface area contributed by atoms with E-state index in [0.29, 0.717) is 0 Å². The summed E-state index contributed by atoms with van der Waals surface area (Å²) < 4.78 is 44.3. The second-order valence-corrected chi connectivity index (χ2v) is 7.26. The number of likely N-dealkylation sites (N-methyl/N-ethyl adjacent to an activating group) is 1. The summed E-state index contributed by atoms with van der Waals surface area (Å²) in [7, 11) is 1.40. The molecule has 0 saturated carbocycles. The van der Waals surface area contributed by atoms with Gasteiger partial charge in [0, 0.05) is 24.1 Å². The molecule has 2 bridgehead atoms. The Balaban J connectivity index is 2.03. The first kappa shape index (κ1) is 20.1. The fourth-order valence-electron chi connectivity index (χ4n) is 4.13. The number of carbonyl (C=O) groups excluding carboxylic acids is 1. The number of amides is 1. The monoisotopic (exact) mass is 439 g/mol. The van der Waals surface area contributed by atoms with Crippen molar-refractivity contribution in [3.8, 4) is 5.75 Å². The third kappa shape index (κ3) is 3.07. The molecule has 0 N–H and O–H groups in total. The molecule has 1 aliphatic carbocycles. The second kappa shape index (κ2) is 7.28. The predicted molar refractivity (Wildman–Crippen MR) is 99.4 cm³/mol. The number of carbonyl (C=O) groups is 1. The number of nitro groups is 1. The molecule has 2 atom stereocenters. The molecule has 0 radical (unpaired) electrons. The molecule has 0 spiro atoms. The minimum atomic E-state index is -3.16. The van der Waals surface area contributed by atoms with Crippen molar-refractivity contribution in [3.05, 3.63) is 73.9 Å². The number of pyridine rings is 1. The molecule has 2 heterocycles. The normalized spacial score (nSPS) is 20.5. The van der Waals surface area contributed by atoms with Crippen LogP contribution in [0, 0.1) is 15.9 Å². The molecule has 2 aliphatic rings. The first-order chi connectivity index (χ1) is 14.2. The van der Waals surface area contributed by atoms with Gasteiger partial charge in [-0.3, -0.25) is 19.9 Å². The van der Waals surface area contributed by atoms with E-state index in [1.807, 2.05) is 0 Å². The minimum absolute atomic E-state index is 0.0288. The Morgan fingerprint density at radius 3 is 2.77 bits per heavy atom. The summed E-state index contributed by atoms with van der Waals surface area (Å²) in [4.78, 5) is 29.4. The van der Waals surface area contributed by atoms with Crippen LogP contribution in [0.1, 0.15) is 34.0 Å². The van der Waals surface area contributed by atoms with Crippen LogP contribution in [-0.4, -0.2) is 40.4 Å². The van der Waals surface area contributed by atoms with Gasteiger partial charge in [-0.1, -0.05) is 17.7 Å². The summed E-state index contributed by atoms with van der Waals surface area (Å²) >= 11 is 5.85. The van der Waals surface area contributed by atoms with E-state index in [0.717, 1.165) is 12.3 Å². The Hall–Kier alpha value is -3.14. The summed E-state index contributed by atoms with van der Waals surface area (Å²) in [6, 6.07) is 4.31. The summed E-state index contributed by atoms with van der Waals surface area (Å²) in [5.74, 6) is -2.48. The molecule has 1 aromatic heterocycles. The first-order valence-electron chi connectivity index (χ1n) is 8.75. The molecule has 0 saturated heterocycles. The van der Waals surface area contributed by atoms with E-state index in [9.17, 15) is 28.1 Å². The van der Waals surface area contributed by atoms with Crippen molar-refractivity contribution in [2.75, 3.05) is 7.05 Å². The standard InChI is InChI=1S/C19H13ClF3N3O4/c1-25-13-5-9(15-8(18(25)27)3-2-4-14(15)30-19(22)23)16(17(13)26(28)29)12-6-10(20)11(21)7-24-12/h2-4,6-7,9,13,19H,5H2,1H3. The topological polar surface area (TPSA) is 85.6 Å². The predicted octanol–water partition coefficient (Wildman–Crippen LogP) is 4.11. The lowest BCUT2D eigenvalue weighted by molar-refractivity contribution is -0.430. The largest absolute Gasteiger partial charge is 0.434 e. The van der Waals surface area contributed by atoms with Crippen LogP contribution in [0.25, 0.3) is 5.57 Å². The summed E-state index contributed by atoms with van der Waals surface area (Å²) in [6.45, 7) is -3.16. The molecule has 7 nitrogen and oxygen atoms in total. The molecular formula is C19H13ClF3N3O4. The van der Waals surface area contributed by atoms with Crippen molar-refractivity contribution in [1.82, 2.24) is 9.88 Å². The number of alkyl halides is 2. The Morgan fingerprint density at radius 1 is 1.40 bits per heavy atom. The van der Waals surface area contributed by atoms with Crippen LogP contribution in [0.5, 0.6) is 5.75 Å². The summed E-state index contributed by atoms with van der Waals surface area (Å²) in [5.41, 5.74) is -0.00926. The van der Waals surface area contributed by atoms with Crippen molar-refractivity contribution in [2.45, 2.75) is 25.0 Å². The minimum Gasteiger partial charge on any atom is -0.434 e. The van der Waals surface area contributed by atoms with Crippen LogP contribution < -0.4 is 4.74 Å². The fourth-order valence-corrected chi connectivity index (χ4v) is 4.28. The molecule has 4 rings (SSSR count). The summed E-state index contributed by atoms with van der Waals surface area (Å²) in [5, 5.41) is 11.6. The van der Waals surface area contributed by atoms with Gasteiger partial charge < -0.3 is 9.64 Å². The van der Waals surface area contributed by atoms with Crippen LogP contribution >= 0.6 is 11.6 Å². The number of halogens is 4. The number of hydrogen-bond acceptors (Lipinski definition) is 5. The number of benzene rings is 1. The average molecular weight is 440 g/mol. The SMILES string of the molecule is CN1C(=O)c2cccc(OC(F)F)c2C2CC1C([N+](=O)[O-])=C2c1cc(Cl)c(F)cn1. The van der Waals surface area contributed by atoms with Crippen LogP contribution in [0.4, 0.5) is 13.2 Å². The quantitative estimate of drug-likeness (QED) is 0.528. The van der Waals surface area contributed by atoms with Gasteiger partial charge in [0.05, 0.1) is 27.4 Å². The number of hydrogen-bond donors (Lipinski definition) is 0. The number of allylic oxidation sites excluding steroid dienone is 1. The van der Waals surface area contributed by atoms with E-state index < -0.39 is 35.2 Å². The van der Waals surface area contributed by atoms with Crippen molar-refractivity contribution in [3.63, 3.8) is 0 Å². The smallest absolute Gasteiger partial charge is 0.387 e. The third-order valence-corrected chi connectivity index (χ3v) is 5.62. The second-order valence-electron chi connectivity index (χ2n) is 6.86. The lowest BCUT2D eigenvalue weighted by Crippen LogP contribution is -2.38. The molecule has 2 aromatic rings. The Labute approximate surface area is 172 Å². The van der Waals surface area contributed by atoms with Gasteiger partial charge in [-0.25, -0.2) is 4.39 Å². The van der Waals surface area contributed by atoms with Crippen molar-refractivity contribution in [2.24, 2.45) is 0 Å². The zero-order valence-corrected chi connectivity index (χ0v) is 16.1. The fraction of sp³-hybridized carbons (Fsp3) is 0.263. The van der Waals surface area contributed by atoms with Crippen LogP contribution in [0.3, 0.4) is 0 Å². The maximum atomic E-state index is 13.6. The highest BCUT2D eigenvalue weighted by Crippen LogP contribution is 2.52. The highest BCUT2D eigenvalue weighted by atomic mass is 35.5. The third-order valence-electron chi connectivity index (χ3n) is 5.33. The first-order valence-corrected chi connectivity index (χ1v) is 9.13. The lowest BCUT2D eigenvalue weighted by atomic mass is 9.86. The van der Waals surface area contributed by atoms with Crippen LogP contribution in [0.2, 0.25) is 5.02 Å². The summed E-state index contributed by atoms with van der Waals surface area (Å²) in [6.07, 6.45) is 0.886. The molecule has 1 aliphatic heterocycles. The average Bonchev–Trinajstić information content (AvgIpc) is 3.04. The van der Waals surface area contributed by atoms with E-state index >= 15 is 0 Å². The van der Waals surface area contributed by atoms with E-state index in [1.165, 1.54) is 30.1 Å². The number of aromatic nitrogens is 1. The van der Waals surface area contributed by atoms with Gasteiger partial charge in [-0.15, -0.1) is 0 Å². The number of rotatable bonds is 4. The van der Waals surface area contributed by atoms with Crippen molar-refractivity contribution in [1.29, 1.82) is 0 Å². The Kier molecular flexibility index (Phi) is 4.89. The Bertz CT molecular complexity index is 1110. The van der Waals surface area contributed by atoms with E-state index in [4.69, 9.17) is 11.6 Å². The Morgan fingerprint density at radius 2 is 2.13 bits per heavy atom. The molecule has 1 amide bonds. The zero-order chi connectivity index (χ0) is 21.7. The number of fused-ring (bicyclic) bond motifs is 4. The molecule has 0 fully saturated rings.